The number of benzene rings is 1. The van der Waals surface area contributed by atoms with Gasteiger partial charge in [0.05, 0.1) is 24.0 Å². The Morgan fingerprint density at radius 3 is 2.67 bits per heavy atom. The number of hydrogen-bond acceptors (Lipinski definition) is 7. The van der Waals surface area contributed by atoms with Crippen LogP contribution in [0, 0.1) is 18.8 Å². The first-order valence-corrected chi connectivity index (χ1v) is 12.3. The van der Waals surface area contributed by atoms with Crippen LogP contribution in [0.1, 0.15) is 41.0 Å². The van der Waals surface area contributed by atoms with E-state index in [1.54, 1.807) is 29.2 Å². The zero-order chi connectivity index (χ0) is 25.2. The number of tetrazole rings is 1. The zero-order valence-corrected chi connectivity index (χ0v) is 21.2. The fourth-order valence-electron chi connectivity index (χ4n) is 4.45. The van der Waals surface area contributed by atoms with Crippen LogP contribution < -0.4 is 10.2 Å². The molecule has 1 aliphatic rings. The molecule has 0 spiro atoms. The van der Waals surface area contributed by atoms with Crippen molar-refractivity contribution in [3.63, 3.8) is 0 Å². The average molecular weight is 506 g/mol. The molecule has 186 valence electrons. The van der Waals surface area contributed by atoms with E-state index in [1.165, 1.54) is 11.0 Å². The van der Waals surface area contributed by atoms with Gasteiger partial charge in [-0.2, -0.15) is 5.10 Å². The Morgan fingerprint density at radius 1 is 1.14 bits per heavy atom. The summed E-state index contributed by atoms with van der Waals surface area (Å²) in [5, 5.41) is 19.1. The van der Waals surface area contributed by atoms with Gasteiger partial charge in [0, 0.05) is 36.5 Å². The molecular weight excluding hydrogens is 478 g/mol. The van der Waals surface area contributed by atoms with E-state index < -0.39 is 0 Å². The van der Waals surface area contributed by atoms with Gasteiger partial charge in [-0.3, -0.25) is 9.48 Å². The van der Waals surface area contributed by atoms with Crippen LogP contribution >= 0.6 is 11.6 Å². The van der Waals surface area contributed by atoms with Crippen LogP contribution in [-0.2, 0) is 13.1 Å². The monoisotopic (exact) mass is 505 g/mol. The quantitative estimate of drug-likeness (QED) is 0.410. The van der Waals surface area contributed by atoms with Crippen molar-refractivity contribution in [2.75, 3.05) is 18.0 Å². The summed E-state index contributed by atoms with van der Waals surface area (Å²) < 4.78 is 3.28. The Balaban J connectivity index is 1.23. The topological polar surface area (TPSA) is 107 Å². The first kappa shape index (κ1) is 23.9. The highest BCUT2D eigenvalue weighted by Gasteiger charge is 2.27. The standard InChI is InChI=1S/C25H28ClN9O/c1-16-11-33(12-17(16)2)24-7-4-19(18(3)30-24)13-34-14-21(10-29-34)25(36)27-9-20-8-22(26)5-6-23(20)35-15-28-31-32-35/h4-8,10,14-17H,9,11-13H2,1-3H3,(H,27,36). The lowest BCUT2D eigenvalue weighted by Gasteiger charge is -2.18. The number of anilines is 1. The van der Waals surface area contributed by atoms with E-state index in [2.05, 4.69) is 56.8 Å². The van der Waals surface area contributed by atoms with Crippen molar-refractivity contribution in [1.29, 1.82) is 0 Å². The second kappa shape index (κ2) is 10.1. The van der Waals surface area contributed by atoms with Gasteiger partial charge in [-0.1, -0.05) is 31.5 Å². The van der Waals surface area contributed by atoms with Gasteiger partial charge in [-0.15, -0.1) is 5.10 Å². The number of aromatic nitrogens is 7. The van der Waals surface area contributed by atoms with Crippen molar-refractivity contribution in [2.45, 2.75) is 33.9 Å². The number of halogens is 1. The van der Waals surface area contributed by atoms with Crippen molar-refractivity contribution >= 4 is 23.3 Å². The molecule has 5 rings (SSSR count). The summed E-state index contributed by atoms with van der Waals surface area (Å²) in [4.78, 5) is 20.0. The summed E-state index contributed by atoms with van der Waals surface area (Å²) in [6.45, 7) is 9.48. The van der Waals surface area contributed by atoms with Crippen LogP contribution in [0.25, 0.3) is 5.69 Å². The van der Waals surface area contributed by atoms with Crippen molar-refractivity contribution < 1.29 is 4.79 Å². The maximum absolute atomic E-state index is 12.8. The van der Waals surface area contributed by atoms with Crippen LogP contribution in [0.3, 0.4) is 0 Å². The number of hydrogen-bond donors (Lipinski definition) is 1. The number of nitrogens with one attached hydrogen (secondary N) is 1. The van der Waals surface area contributed by atoms with Gasteiger partial charge in [0.15, 0.2) is 0 Å². The number of nitrogens with zero attached hydrogens (tertiary/aromatic N) is 8. The molecule has 2 unspecified atom stereocenters. The predicted octanol–water partition coefficient (Wildman–Crippen LogP) is 3.29. The molecule has 1 N–H and O–H groups in total. The van der Waals surface area contributed by atoms with Crippen LogP contribution in [0.15, 0.2) is 49.1 Å². The number of amides is 1. The first-order chi connectivity index (χ1) is 17.4. The molecule has 11 heteroatoms. The molecule has 10 nitrogen and oxygen atoms in total. The van der Waals surface area contributed by atoms with Gasteiger partial charge in [-0.25, -0.2) is 9.67 Å². The van der Waals surface area contributed by atoms with Crippen LogP contribution in [0.4, 0.5) is 5.82 Å². The molecular formula is C25H28ClN9O. The highest BCUT2D eigenvalue weighted by atomic mass is 35.5. The van der Waals surface area contributed by atoms with Gasteiger partial charge in [0.1, 0.15) is 12.1 Å². The zero-order valence-electron chi connectivity index (χ0n) is 20.5. The lowest BCUT2D eigenvalue weighted by Crippen LogP contribution is -2.23. The van der Waals surface area contributed by atoms with Gasteiger partial charge < -0.3 is 10.2 Å². The van der Waals surface area contributed by atoms with Crippen molar-refractivity contribution in [1.82, 2.24) is 40.3 Å². The fourth-order valence-corrected chi connectivity index (χ4v) is 4.64. The normalized spacial score (nSPS) is 17.5. The molecule has 2 atom stereocenters. The Hall–Kier alpha value is -3.79. The number of carbonyl (C=O) groups is 1. The molecule has 0 bridgehead atoms. The largest absolute Gasteiger partial charge is 0.356 e. The third kappa shape index (κ3) is 5.08. The number of pyridine rings is 1. The average Bonchev–Trinajstić information content (AvgIpc) is 3.62. The molecule has 4 heterocycles. The summed E-state index contributed by atoms with van der Waals surface area (Å²) in [6.07, 6.45) is 4.81. The molecule has 0 saturated carbocycles. The molecule has 0 radical (unpaired) electrons. The molecule has 36 heavy (non-hydrogen) atoms. The Bertz CT molecular complexity index is 1360. The molecule has 4 aromatic rings. The third-order valence-electron chi connectivity index (χ3n) is 6.80. The second-order valence-electron chi connectivity index (χ2n) is 9.41. The SMILES string of the molecule is Cc1nc(N2CC(C)C(C)C2)ccc1Cn1cc(C(=O)NCc2cc(Cl)ccc2-n2cnnn2)cn1. The van der Waals surface area contributed by atoms with Crippen LogP contribution in [0.2, 0.25) is 5.02 Å². The van der Waals surface area contributed by atoms with E-state index in [1.807, 2.05) is 13.0 Å². The fraction of sp³-hybridized carbons (Fsp3) is 0.360. The van der Waals surface area contributed by atoms with E-state index in [9.17, 15) is 4.79 Å². The van der Waals surface area contributed by atoms with Crippen molar-refractivity contribution in [3.8, 4) is 5.69 Å². The van der Waals surface area contributed by atoms with Crippen LogP contribution in [-0.4, -0.2) is 54.0 Å². The molecule has 1 fully saturated rings. The lowest BCUT2D eigenvalue weighted by atomic mass is 10.0. The molecule has 1 saturated heterocycles. The van der Waals surface area contributed by atoms with Gasteiger partial charge in [0.2, 0.25) is 0 Å². The second-order valence-corrected chi connectivity index (χ2v) is 9.85. The summed E-state index contributed by atoms with van der Waals surface area (Å²) in [5.41, 5.74) is 4.04. The van der Waals surface area contributed by atoms with E-state index in [4.69, 9.17) is 16.6 Å². The number of rotatable bonds is 7. The summed E-state index contributed by atoms with van der Waals surface area (Å²) in [6, 6.07) is 9.53. The molecule has 1 aromatic carbocycles. The Kier molecular flexibility index (Phi) is 6.69. The predicted molar refractivity (Wildman–Crippen MR) is 136 cm³/mol. The molecule has 0 aliphatic carbocycles. The van der Waals surface area contributed by atoms with E-state index in [0.29, 0.717) is 29.0 Å². The number of carbonyl (C=O) groups excluding carboxylic acids is 1. The molecule has 3 aromatic heterocycles. The lowest BCUT2D eigenvalue weighted by molar-refractivity contribution is 0.0951. The maximum Gasteiger partial charge on any atom is 0.254 e. The Labute approximate surface area is 214 Å². The smallest absolute Gasteiger partial charge is 0.254 e. The third-order valence-corrected chi connectivity index (χ3v) is 7.03. The summed E-state index contributed by atoms with van der Waals surface area (Å²) in [7, 11) is 0. The van der Waals surface area contributed by atoms with E-state index in [0.717, 1.165) is 41.4 Å². The van der Waals surface area contributed by atoms with Crippen molar-refractivity contribution in [2.24, 2.45) is 11.8 Å². The highest BCUT2D eigenvalue weighted by molar-refractivity contribution is 6.30. The minimum atomic E-state index is -0.230. The summed E-state index contributed by atoms with van der Waals surface area (Å²) in [5.74, 6) is 2.14. The van der Waals surface area contributed by atoms with Crippen LogP contribution in [0.5, 0.6) is 0 Å². The molecule has 1 aliphatic heterocycles. The molecule has 1 amide bonds. The first-order valence-electron chi connectivity index (χ1n) is 11.9. The maximum atomic E-state index is 12.8. The van der Waals surface area contributed by atoms with Gasteiger partial charge in [0.25, 0.3) is 5.91 Å². The highest BCUT2D eigenvalue weighted by Crippen LogP contribution is 2.27. The van der Waals surface area contributed by atoms with Gasteiger partial charge >= 0.3 is 0 Å². The minimum absolute atomic E-state index is 0.230. The van der Waals surface area contributed by atoms with E-state index >= 15 is 0 Å². The Morgan fingerprint density at radius 2 is 1.94 bits per heavy atom. The summed E-state index contributed by atoms with van der Waals surface area (Å²) >= 11 is 6.17. The van der Waals surface area contributed by atoms with E-state index in [-0.39, 0.29) is 12.5 Å². The number of aryl methyl sites for hydroxylation is 1. The van der Waals surface area contributed by atoms with Crippen molar-refractivity contribution in [3.05, 3.63) is 76.5 Å². The minimum Gasteiger partial charge on any atom is -0.356 e. The van der Waals surface area contributed by atoms with Gasteiger partial charge in [-0.05, 0) is 64.6 Å².